The first kappa shape index (κ1) is 19.0. The monoisotopic (exact) mass is 385 g/mol. The average Bonchev–Trinajstić information content (AvgIpc) is 2.65. The third kappa shape index (κ3) is 3.80. The predicted octanol–water partition coefficient (Wildman–Crippen LogP) is -0.0400. The highest BCUT2D eigenvalue weighted by molar-refractivity contribution is 5.93. The lowest BCUT2D eigenvalue weighted by atomic mass is 10.2. The lowest BCUT2D eigenvalue weighted by Gasteiger charge is -2.09. The zero-order valence-corrected chi connectivity index (χ0v) is 14.8. The Balaban J connectivity index is 1.82. The lowest BCUT2D eigenvalue weighted by molar-refractivity contribution is 0.0949. The molecule has 2 N–H and O–H groups in total. The van der Waals surface area contributed by atoms with E-state index in [4.69, 9.17) is 0 Å². The Morgan fingerprint density at radius 1 is 1.25 bits per heavy atom. The summed E-state index contributed by atoms with van der Waals surface area (Å²) in [6.07, 6.45) is 2.33. The lowest BCUT2D eigenvalue weighted by Crippen LogP contribution is -2.40. The summed E-state index contributed by atoms with van der Waals surface area (Å²) in [6.45, 7) is 1.87. The molecule has 0 fully saturated rings. The Bertz CT molecular complexity index is 1210. The van der Waals surface area contributed by atoms with Crippen molar-refractivity contribution in [2.45, 2.75) is 13.5 Å². The number of amides is 1. The molecule has 0 saturated carbocycles. The number of rotatable bonds is 5. The molecule has 28 heavy (non-hydrogen) atoms. The number of benzene rings is 1. The number of hydrogen-bond donors (Lipinski definition) is 2. The van der Waals surface area contributed by atoms with Gasteiger partial charge in [0.05, 0.1) is 12.0 Å². The molecule has 0 aliphatic heterocycles. The van der Waals surface area contributed by atoms with Crippen molar-refractivity contribution in [3.63, 3.8) is 0 Å². The maximum atomic E-state index is 14.0. The number of nitrogens with zero attached hydrogens (tertiary/aromatic N) is 3. The first-order chi connectivity index (χ1) is 13.4. The molecule has 1 aromatic carbocycles. The van der Waals surface area contributed by atoms with Crippen LogP contribution in [-0.4, -0.2) is 31.6 Å². The molecule has 0 aliphatic carbocycles. The summed E-state index contributed by atoms with van der Waals surface area (Å²) in [6, 6.07) is 6.59. The van der Waals surface area contributed by atoms with Gasteiger partial charge in [0.2, 0.25) is 0 Å². The van der Waals surface area contributed by atoms with Crippen LogP contribution in [0.4, 0.5) is 4.39 Å². The van der Waals surface area contributed by atoms with Gasteiger partial charge in [0.1, 0.15) is 11.4 Å². The van der Waals surface area contributed by atoms with Crippen molar-refractivity contribution >= 4 is 5.91 Å². The molecule has 3 aromatic rings. The van der Waals surface area contributed by atoms with E-state index in [9.17, 15) is 23.6 Å². The number of aromatic amines is 1. The molecular formula is C18H16FN5O4. The van der Waals surface area contributed by atoms with E-state index < -0.39 is 23.0 Å². The Morgan fingerprint density at radius 3 is 2.71 bits per heavy atom. The van der Waals surface area contributed by atoms with Crippen LogP contribution in [0.3, 0.4) is 0 Å². The molecule has 0 aliphatic rings. The first-order valence-electron chi connectivity index (χ1n) is 8.29. The van der Waals surface area contributed by atoms with Crippen LogP contribution in [0.25, 0.3) is 5.69 Å². The van der Waals surface area contributed by atoms with E-state index in [1.165, 1.54) is 35.2 Å². The van der Waals surface area contributed by atoms with Gasteiger partial charge in [-0.2, -0.15) is 0 Å². The second kappa shape index (κ2) is 7.82. The molecule has 144 valence electrons. The fourth-order valence-electron chi connectivity index (χ4n) is 2.56. The van der Waals surface area contributed by atoms with Crippen molar-refractivity contribution in [3.8, 4) is 5.69 Å². The van der Waals surface area contributed by atoms with Crippen LogP contribution in [-0.2, 0) is 6.54 Å². The highest BCUT2D eigenvalue weighted by Crippen LogP contribution is 2.08. The first-order valence-corrected chi connectivity index (χ1v) is 8.29. The smallest absolute Gasteiger partial charge is 0.333 e. The van der Waals surface area contributed by atoms with Gasteiger partial charge >= 0.3 is 5.69 Å². The minimum atomic E-state index is -0.958. The Morgan fingerprint density at radius 2 is 2.00 bits per heavy atom. The van der Waals surface area contributed by atoms with E-state index in [0.29, 0.717) is 10.3 Å². The van der Waals surface area contributed by atoms with Crippen molar-refractivity contribution in [2.75, 3.05) is 6.54 Å². The molecule has 0 atom stereocenters. The van der Waals surface area contributed by atoms with E-state index >= 15 is 0 Å². The maximum Gasteiger partial charge on any atom is 0.333 e. The molecule has 0 unspecified atom stereocenters. The van der Waals surface area contributed by atoms with E-state index in [2.05, 4.69) is 15.3 Å². The summed E-state index contributed by atoms with van der Waals surface area (Å²) < 4.78 is 15.8. The maximum absolute atomic E-state index is 14.0. The molecule has 0 bridgehead atoms. The fourth-order valence-corrected chi connectivity index (χ4v) is 2.56. The van der Waals surface area contributed by atoms with E-state index in [0.717, 1.165) is 12.3 Å². The second-order valence-corrected chi connectivity index (χ2v) is 5.92. The van der Waals surface area contributed by atoms with Crippen LogP contribution >= 0.6 is 0 Å². The van der Waals surface area contributed by atoms with E-state index in [1.54, 1.807) is 6.92 Å². The molecule has 3 rings (SSSR count). The van der Waals surface area contributed by atoms with Gasteiger partial charge in [-0.15, -0.1) is 0 Å². The molecule has 0 radical (unpaired) electrons. The van der Waals surface area contributed by atoms with Crippen molar-refractivity contribution in [1.82, 2.24) is 24.4 Å². The van der Waals surface area contributed by atoms with Gasteiger partial charge in [0, 0.05) is 31.0 Å². The second-order valence-electron chi connectivity index (χ2n) is 5.92. The quantitative estimate of drug-likeness (QED) is 0.639. The molecule has 2 aromatic heterocycles. The fraction of sp³-hybridized carbons (Fsp3) is 0.167. The van der Waals surface area contributed by atoms with Gasteiger partial charge in [0.15, 0.2) is 0 Å². The molecule has 0 spiro atoms. The average molecular weight is 385 g/mol. The number of hydrogen-bond acceptors (Lipinski definition) is 5. The number of aromatic nitrogens is 4. The summed E-state index contributed by atoms with van der Waals surface area (Å²) in [5.74, 6) is -1.54. The number of H-pyrrole nitrogens is 1. The van der Waals surface area contributed by atoms with Gasteiger partial charge in [-0.05, 0) is 19.1 Å². The van der Waals surface area contributed by atoms with Gasteiger partial charge in [-0.25, -0.2) is 18.7 Å². The summed E-state index contributed by atoms with van der Waals surface area (Å²) in [5, 5.41) is 2.49. The van der Waals surface area contributed by atoms with Crippen LogP contribution < -0.4 is 22.1 Å². The number of halogens is 1. The number of aryl methyl sites for hydroxylation is 1. The van der Waals surface area contributed by atoms with E-state index in [-0.39, 0.29) is 29.9 Å². The number of carbonyl (C=O) groups excluding carboxylic acids is 1. The minimum absolute atomic E-state index is 0.0434. The third-order valence-corrected chi connectivity index (χ3v) is 3.97. The van der Waals surface area contributed by atoms with Crippen LogP contribution in [0.2, 0.25) is 0 Å². The Kier molecular flexibility index (Phi) is 5.30. The largest absolute Gasteiger partial charge is 0.350 e. The van der Waals surface area contributed by atoms with Crippen molar-refractivity contribution in [3.05, 3.63) is 91.1 Å². The van der Waals surface area contributed by atoms with Crippen LogP contribution in [0, 0.1) is 12.7 Å². The summed E-state index contributed by atoms with van der Waals surface area (Å²) >= 11 is 0. The Labute approximate surface area is 157 Å². The molecule has 10 heteroatoms. The zero-order chi connectivity index (χ0) is 20.3. The van der Waals surface area contributed by atoms with Crippen molar-refractivity contribution in [2.24, 2.45) is 0 Å². The molecule has 9 nitrogen and oxygen atoms in total. The normalized spacial score (nSPS) is 10.6. The Hall–Kier alpha value is -3.82. The van der Waals surface area contributed by atoms with Crippen LogP contribution in [0.1, 0.15) is 16.1 Å². The van der Waals surface area contributed by atoms with Crippen LogP contribution in [0.5, 0.6) is 0 Å². The molecule has 2 heterocycles. The molecule has 0 saturated heterocycles. The SMILES string of the molecule is Cc1cc(=O)n(CCNC(=O)c2c[nH]c(=O)n(-c3ccccc3F)c2=O)cn1. The molecule has 1 amide bonds. The van der Waals surface area contributed by atoms with Crippen molar-refractivity contribution < 1.29 is 9.18 Å². The van der Waals surface area contributed by atoms with Gasteiger partial charge in [0.25, 0.3) is 17.0 Å². The zero-order valence-electron chi connectivity index (χ0n) is 14.8. The summed E-state index contributed by atoms with van der Waals surface area (Å²) in [5.41, 5.74) is -2.15. The number of nitrogens with one attached hydrogen (secondary N) is 2. The van der Waals surface area contributed by atoms with E-state index in [1.807, 2.05) is 0 Å². The van der Waals surface area contributed by atoms with Gasteiger partial charge in [-0.1, -0.05) is 12.1 Å². The van der Waals surface area contributed by atoms with Crippen molar-refractivity contribution in [1.29, 1.82) is 0 Å². The number of carbonyl (C=O) groups is 1. The standard InChI is InChI=1S/C18H16FN5O4/c1-11-8-15(25)23(10-22-11)7-6-20-16(26)12-9-21-18(28)24(17(12)27)14-5-3-2-4-13(14)19/h2-5,8-10H,6-7H2,1H3,(H,20,26)(H,21,28). The predicted molar refractivity (Wildman–Crippen MR) is 98.2 cm³/mol. The summed E-state index contributed by atoms with van der Waals surface area (Å²) in [7, 11) is 0. The third-order valence-electron chi connectivity index (χ3n) is 3.97. The van der Waals surface area contributed by atoms with Crippen LogP contribution in [0.15, 0.2) is 57.2 Å². The minimum Gasteiger partial charge on any atom is -0.350 e. The summed E-state index contributed by atoms with van der Waals surface area (Å²) in [4.78, 5) is 54.9. The van der Waals surface area contributed by atoms with Gasteiger partial charge < -0.3 is 10.3 Å². The highest BCUT2D eigenvalue weighted by atomic mass is 19.1. The topological polar surface area (TPSA) is 119 Å². The number of para-hydroxylation sites is 1. The molecular weight excluding hydrogens is 369 g/mol. The highest BCUT2D eigenvalue weighted by Gasteiger charge is 2.17. The van der Waals surface area contributed by atoms with Gasteiger partial charge in [-0.3, -0.25) is 19.0 Å².